The van der Waals surface area contributed by atoms with E-state index in [0.717, 1.165) is 66.4 Å². The largest absolute Gasteiger partial charge is 0.442 e. The summed E-state index contributed by atoms with van der Waals surface area (Å²) in [7, 11) is 0. The number of hydrogen-bond acceptors (Lipinski definition) is 9. The predicted octanol–water partition coefficient (Wildman–Crippen LogP) is 5.13. The molecule has 0 saturated carbocycles. The highest BCUT2D eigenvalue weighted by molar-refractivity contribution is 6.06. The van der Waals surface area contributed by atoms with Crippen molar-refractivity contribution in [3.05, 3.63) is 42.2 Å². The molecular weight excluding hydrogens is 576 g/mol. The van der Waals surface area contributed by atoms with E-state index >= 15 is 0 Å². The molecule has 1 aliphatic heterocycles. The number of anilines is 1. The number of ether oxygens (including phenoxy) is 1. The number of carbonyl (C=O) groups is 4. The molecule has 3 N–H and O–H groups in total. The lowest BCUT2D eigenvalue weighted by molar-refractivity contribution is -0.205. The fourth-order valence-corrected chi connectivity index (χ4v) is 5.92. The molecule has 1 fully saturated rings. The first kappa shape index (κ1) is 31.9. The number of aromatic nitrogens is 3. The average Bonchev–Trinajstić information content (AvgIpc) is 3.55. The van der Waals surface area contributed by atoms with Gasteiger partial charge >= 0.3 is 12.1 Å². The molecule has 5 rings (SSSR count). The van der Waals surface area contributed by atoms with Gasteiger partial charge < -0.3 is 25.2 Å². The standard InChI is InChI=1S/C33H42N6O6/c1-3-4-14-25-37-28-29(23-12-5-6-13-24(23)36-30(28)34)38(25)21-10-9-20-35-32(43)44-22-11-7-8-18-33(2,19-17-22)31(42)45-39-26(40)15-16-27(39)41/h5-7,11-13,22H,3-4,8-10,14-21H2,1-2H3,(H2,34,36)(H,35,43)/b11-7+/t22-,33+/m0/s1. The molecule has 240 valence electrons. The van der Waals surface area contributed by atoms with Gasteiger partial charge in [-0.1, -0.05) is 37.6 Å². The number of amides is 3. The Kier molecular flexibility index (Phi) is 9.99. The number of carbonyl (C=O) groups excluding carboxylic acids is 4. The summed E-state index contributed by atoms with van der Waals surface area (Å²) in [6.45, 7) is 5.08. The van der Waals surface area contributed by atoms with Crippen LogP contribution >= 0.6 is 0 Å². The topological polar surface area (TPSA) is 159 Å². The number of imidazole rings is 1. The Bertz CT molecular complexity index is 1600. The van der Waals surface area contributed by atoms with Crippen LogP contribution in [0.3, 0.4) is 0 Å². The van der Waals surface area contributed by atoms with Crippen LogP contribution in [0.25, 0.3) is 21.9 Å². The summed E-state index contributed by atoms with van der Waals surface area (Å²) in [6.07, 6.45) is 9.07. The number of alkyl carbamates (subject to hydrolysis) is 1. The number of nitrogens with two attached hydrogens (primary N) is 1. The van der Waals surface area contributed by atoms with Crippen molar-refractivity contribution in [3.8, 4) is 0 Å². The zero-order chi connectivity index (χ0) is 32.0. The van der Waals surface area contributed by atoms with Crippen molar-refractivity contribution in [1.29, 1.82) is 0 Å². The van der Waals surface area contributed by atoms with Crippen molar-refractivity contribution in [2.45, 2.75) is 97.1 Å². The van der Waals surface area contributed by atoms with Crippen LogP contribution in [-0.2, 0) is 36.9 Å². The van der Waals surface area contributed by atoms with Crippen molar-refractivity contribution in [1.82, 2.24) is 24.9 Å². The molecule has 0 radical (unpaired) electrons. The fourth-order valence-electron chi connectivity index (χ4n) is 5.92. The number of fused-ring (bicyclic) bond motifs is 3. The minimum Gasteiger partial charge on any atom is -0.442 e. The van der Waals surface area contributed by atoms with Crippen LogP contribution in [0.2, 0.25) is 0 Å². The summed E-state index contributed by atoms with van der Waals surface area (Å²) in [4.78, 5) is 64.0. The lowest BCUT2D eigenvalue weighted by Gasteiger charge is -2.30. The molecule has 0 bridgehead atoms. The fraction of sp³-hybridized carbons (Fsp3) is 0.515. The Balaban J connectivity index is 1.13. The second-order valence-corrected chi connectivity index (χ2v) is 12.1. The number of benzene rings is 1. The van der Waals surface area contributed by atoms with Gasteiger partial charge in [0.15, 0.2) is 5.82 Å². The Hall–Kier alpha value is -4.48. The average molecular weight is 619 g/mol. The SMILES string of the molecule is CCCCc1nc2c(N)nc3ccccc3c2n1CCCCNC(=O)O[C@H]1/C=C/CC[C@@](C)(C(=O)ON2C(=O)CCC2=O)CC1. The molecule has 2 atom stereocenters. The van der Waals surface area contributed by atoms with E-state index in [1.54, 1.807) is 6.92 Å². The zero-order valence-electron chi connectivity index (χ0n) is 26.0. The number of nitrogen functional groups attached to an aromatic ring is 1. The molecule has 3 aromatic rings. The molecular formula is C33H42N6O6. The first-order valence-corrected chi connectivity index (χ1v) is 15.9. The molecule has 12 nitrogen and oxygen atoms in total. The van der Waals surface area contributed by atoms with E-state index in [-0.39, 0.29) is 12.8 Å². The van der Waals surface area contributed by atoms with Crippen molar-refractivity contribution < 1.29 is 28.8 Å². The number of pyridine rings is 1. The van der Waals surface area contributed by atoms with Crippen LogP contribution in [0.15, 0.2) is 36.4 Å². The summed E-state index contributed by atoms with van der Waals surface area (Å²) >= 11 is 0. The quantitative estimate of drug-likeness (QED) is 0.169. The lowest BCUT2D eigenvalue weighted by Crippen LogP contribution is -2.40. The third-order valence-electron chi connectivity index (χ3n) is 8.65. The van der Waals surface area contributed by atoms with Gasteiger partial charge in [-0.3, -0.25) is 9.59 Å². The maximum absolute atomic E-state index is 12.9. The van der Waals surface area contributed by atoms with Crippen LogP contribution in [0.4, 0.5) is 10.6 Å². The number of unbranched alkanes of at least 4 members (excludes halogenated alkanes) is 2. The van der Waals surface area contributed by atoms with Gasteiger partial charge in [0.2, 0.25) is 0 Å². The minimum absolute atomic E-state index is 0.0427. The number of allylic oxidation sites excluding steroid dienone is 1. The van der Waals surface area contributed by atoms with E-state index in [2.05, 4.69) is 21.8 Å². The number of para-hydroxylation sites is 1. The third kappa shape index (κ3) is 7.26. The van der Waals surface area contributed by atoms with E-state index in [4.69, 9.17) is 20.3 Å². The van der Waals surface area contributed by atoms with Gasteiger partial charge in [0.05, 0.1) is 16.4 Å². The number of rotatable bonds is 11. The second kappa shape index (κ2) is 14.1. The van der Waals surface area contributed by atoms with Crippen LogP contribution in [-0.4, -0.2) is 56.1 Å². The Labute approximate surface area is 262 Å². The molecule has 3 amide bonds. The molecule has 1 saturated heterocycles. The maximum Gasteiger partial charge on any atom is 0.407 e. The van der Waals surface area contributed by atoms with Crippen LogP contribution in [0.1, 0.15) is 83.9 Å². The Morgan fingerprint density at radius 3 is 2.64 bits per heavy atom. The first-order valence-electron chi connectivity index (χ1n) is 15.9. The van der Waals surface area contributed by atoms with E-state index in [0.29, 0.717) is 43.1 Å². The second-order valence-electron chi connectivity index (χ2n) is 12.1. The highest BCUT2D eigenvalue weighted by Crippen LogP contribution is 2.35. The van der Waals surface area contributed by atoms with E-state index in [1.165, 1.54) is 0 Å². The molecule has 45 heavy (non-hydrogen) atoms. The van der Waals surface area contributed by atoms with Gasteiger partial charge in [-0.05, 0) is 64.0 Å². The van der Waals surface area contributed by atoms with Crippen LogP contribution < -0.4 is 11.1 Å². The molecule has 1 aliphatic carbocycles. The summed E-state index contributed by atoms with van der Waals surface area (Å²) in [6, 6.07) is 7.95. The molecule has 2 aliphatic rings. The van der Waals surface area contributed by atoms with E-state index < -0.39 is 35.4 Å². The highest BCUT2D eigenvalue weighted by atomic mass is 16.7. The number of hydroxylamine groups is 2. The van der Waals surface area contributed by atoms with Crippen molar-refractivity contribution in [2.75, 3.05) is 12.3 Å². The molecule has 0 spiro atoms. The van der Waals surface area contributed by atoms with E-state index in [1.807, 2.05) is 36.4 Å². The van der Waals surface area contributed by atoms with Gasteiger partial charge in [0.1, 0.15) is 17.4 Å². The number of hydrogen-bond donors (Lipinski definition) is 2. The molecule has 2 aromatic heterocycles. The number of nitrogens with zero attached hydrogens (tertiary/aromatic N) is 4. The monoisotopic (exact) mass is 618 g/mol. The minimum atomic E-state index is -0.925. The van der Waals surface area contributed by atoms with Gasteiger partial charge in [0.25, 0.3) is 11.8 Å². The van der Waals surface area contributed by atoms with E-state index in [9.17, 15) is 19.2 Å². The molecule has 12 heteroatoms. The normalized spacial score (nSPS) is 21.1. The van der Waals surface area contributed by atoms with Crippen LogP contribution in [0, 0.1) is 5.41 Å². The lowest BCUT2D eigenvalue weighted by atomic mass is 9.79. The third-order valence-corrected chi connectivity index (χ3v) is 8.65. The smallest absolute Gasteiger partial charge is 0.407 e. The maximum atomic E-state index is 12.9. The Morgan fingerprint density at radius 2 is 1.87 bits per heavy atom. The number of aryl methyl sites for hydroxylation is 2. The summed E-state index contributed by atoms with van der Waals surface area (Å²) in [5.41, 5.74) is 7.96. The van der Waals surface area contributed by atoms with Gasteiger partial charge in [0, 0.05) is 37.7 Å². The van der Waals surface area contributed by atoms with Gasteiger partial charge in [-0.15, -0.1) is 5.06 Å². The number of imide groups is 1. The Morgan fingerprint density at radius 1 is 1.09 bits per heavy atom. The van der Waals surface area contributed by atoms with Gasteiger partial charge in [-0.25, -0.2) is 19.6 Å². The van der Waals surface area contributed by atoms with Crippen molar-refractivity contribution in [2.24, 2.45) is 5.41 Å². The predicted molar refractivity (Wildman–Crippen MR) is 168 cm³/mol. The van der Waals surface area contributed by atoms with Gasteiger partial charge in [-0.2, -0.15) is 0 Å². The van der Waals surface area contributed by atoms with Crippen molar-refractivity contribution in [3.63, 3.8) is 0 Å². The molecule has 0 unspecified atom stereocenters. The first-order chi connectivity index (χ1) is 21.7. The summed E-state index contributed by atoms with van der Waals surface area (Å²) in [5, 5.41) is 4.45. The summed E-state index contributed by atoms with van der Waals surface area (Å²) < 4.78 is 7.91. The molecule has 1 aromatic carbocycles. The molecule has 3 heterocycles. The van der Waals surface area contributed by atoms with Crippen LogP contribution in [0.5, 0.6) is 0 Å². The summed E-state index contributed by atoms with van der Waals surface area (Å²) in [5.74, 6) is -0.214. The zero-order valence-corrected chi connectivity index (χ0v) is 26.0. The highest BCUT2D eigenvalue weighted by Gasteiger charge is 2.41. The van der Waals surface area contributed by atoms with Crippen molar-refractivity contribution >= 4 is 51.6 Å². The number of nitrogens with one attached hydrogen (secondary N) is 1.